The van der Waals surface area contributed by atoms with E-state index in [0.717, 1.165) is 25.9 Å². The Morgan fingerprint density at radius 1 is 1.40 bits per heavy atom. The molecule has 0 aromatic heterocycles. The van der Waals surface area contributed by atoms with Gasteiger partial charge in [0.05, 0.1) is 0 Å². The van der Waals surface area contributed by atoms with Gasteiger partial charge in [-0.25, -0.2) is 0 Å². The second-order valence-corrected chi connectivity index (χ2v) is 5.83. The summed E-state index contributed by atoms with van der Waals surface area (Å²) in [6.45, 7) is 4.07. The van der Waals surface area contributed by atoms with E-state index in [9.17, 15) is 4.79 Å². The van der Waals surface area contributed by atoms with E-state index in [1.54, 1.807) is 0 Å². The summed E-state index contributed by atoms with van der Waals surface area (Å²) in [5.41, 5.74) is 0. The van der Waals surface area contributed by atoms with E-state index in [1.807, 2.05) is 11.8 Å². The number of nitrogens with one attached hydrogen (secondary N) is 2. The molecule has 2 N–H and O–H groups in total. The molecule has 0 saturated carbocycles. The molecule has 0 bridgehead atoms. The predicted molar refractivity (Wildman–Crippen MR) is 64.0 cm³/mol. The van der Waals surface area contributed by atoms with Crippen LogP contribution in [-0.4, -0.2) is 36.5 Å². The molecule has 2 aliphatic rings. The number of rotatable bonds is 3. The van der Waals surface area contributed by atoms with Gasteiger partial charge < -0.3 is 10.6 Å². The predicted octanol–water partition coefficient (Wildman–Crippen LogP) is 0.854. The molecule has 0 aromatic carbocycles. The molecule has 1 atom stereocenters. The van der Waals surface area contributed by atoms with Crippen molar-refractivity contribution in [1.29, 1.82) is 0 Å². The van der Waals surface area contributed by atoms with Gasteiger partial charge in [-0.15, -0.1) is 0 Å². The van der Waals surface area contributed by atoms with Gasteiger partial charge in [-0.3, -0.25) is 4.79 Å². The number of carbonyl (C=O) groups is 1. The van der Waals surface area contributed by atoms with Gasteiger partial charge in [0.1, 0.15) is 0 Å². The van der Waals surface area contributed by atoms with Crippen LogP contribution in [0, 0.1) is 11.8 Å². The molecule has 2 fully saturated rings. The second kappa shape index (κ2) is 5.21. The minimum Gasteiger partial charge on any atom is -0.353 e. The Hall–Kier alpha value is -0.220. The first kappa shape index (κ1) is 11.3. The largest absolute Gasteiger partial charge is 0.353 e. The van der Waals surface area contributed by atoms with Crippen molar-refractivity contribution in [2.75, 3.05) is 24.6 Å². The average Bonchev–Trinajstić information content (AvgIpc) is 2.16. The zero-order chi connectivity index (χ0) is 10.7. The molecule has 2 heterocycles. The Morgan fingerprint density at radius 3 is 2.60 bits per heavy atom. The maximum Gasteiger partial charge on any atom is 0.223 e. The van der Waals surface area contributed by atoms with Crippen LogP contribution in [0.5, 0.6) is 0 Å². The van der Waals surface area contributed by atoms with Gasteiger partial charge in [0.25, 0.3) is 0 Å². The summed E-state index contributed by atoms with van der Waals surface area (Å²) in [6.07, 6.45) is 2.29. The molecule has 0 spiro atoms. The standard InChI is InChI=1S/C11H20N2OS/c1-8(9-6-12-7-9)11(14)13-10-2-4-15-5-3-10/h8-10,12H,2-7H2,1H3,(H,13,14). The minimum atomic E-state index is 0.181. The van der Waals surface area contributed by atoms with Crippen molar-refractivity contribution >= 4 is 17.7 Å². The van der Waals surface area contributed by atoms with Crippen LogP contribution in [0.25, 0.3) is 0 Å². The van der Waals surface area contributed by atoms with Crippen molar-refractivity contribution in [2.24, 2.45) is 11.8 Å². The van der Waals surface area contributed by atoms with Crippen LogP contribution in [0.15, 0.2) is 0 Å². The lowest BCUT2D eigenvalue weighted by Gasteiger charge is -2.33. The molecule has 86 valence electrons. The molecule has 0 aliphatic carbocycles. The third-order valence-electron chi connectivity index (χ3n) is 3.50. The quantitative estimate of drug-likeness (QED) is 0.752. The summed E-state index contributed by atoms with van der Waals surface area (Å²) in [4.78, 5) is 11.9. The second-order valence-electron chi connectivity index (χ2n) is 4.60. The Balaban J connectivity index is 1.74. The van der Waals surface area contributed by atoms with E-state index in [0.29, 0.717) is 12.0 Å². The molecule has 2 saturated heterocycles. The number of carbonyl (C=O) groups excluding carboxylic acids is 1. The Morgan fingerprint density at radius 2 is 2.07 bits per heavy atom. The van der Waals surface area contributed by atoms with Crippen LogP contribution in [0.3, 0.4) is 0 Å². The first-order valence-electron chi connectivity index (χ1n) is 5.86. The minimum absolute atomic E-state index is 0.181. The summed E-state index contributed by atoms with van der Waals surface area (Å²) in [5.74, 6) is 3.40. The van der Waals surface area contributed by atoms with E-state index in [2.05, 4.69) is 17.6 Å². The van der Waals surface area contributed by atoms with Gasteiger partial charge in [-0.2, -0.15) is 11.8 Å². The fraction of sp³-hybridized carbons (Fsp3) is 0.909. The van der Waals surface area contributed by atoms with Crippen molar-refractivity contribution in [3.63, 3.8) is 0 Å². The highest BCUT2D eigenvalue weighted by Gasteiger charge is 2.29. The smallest absolute Gasteiger partial charge is 0.223 e. The van der Waals surface area contributed by atoms with E-state index in [1.165, 1.54) is 11.5 Å². The van der Waals surface area contributed by atoms with E-state index in [4.69, 9.17) is 0 Å². The lowest BCUT2D eigenvalue weighted by atomic mass is 9.88. The first-order valence-corrected chi connectivity index (χ1v) is 7.01. The van der Waals surface area contributed by atoms with Crippen LogP contribution in [0.1, 0.15) is 19.8 Å². The molecule has 0 radical (unpaired) electrons. The highest BCUT2D eigenvalue weighted by molar-refractivity contribution is 7.99. The SMILES string of the molecule is CC(C(=O)NC1CCSCC1)C1CNC1. The van der Waals surface area contributed by atoms with Gasteiger partial charge in [0.2, 0.25) is 5.91 Å². The van der Waals surface area contributed by atoms with Crippen LogP contribution in [-0.2, 0) is 4.79 Å². The lowest BCUT2D eigenvalue weighted by Crippen LogP contribution is -2.51. The zero-order valence-electron chi connectivity index (χ0n) is 9.29. The Bertz CT molecular complexity index is 225. The molecule has 2 aliphatic heterocycles. The van der Waals surface area contributed by atoms with Gasteiger partial charge in [-0.05, 0) is 43.4 Å². The number of hydrogen-bond donors (Lipinski definition) is 2. The highest BCUT2D eigenvalue weighted by atomic mass is 32.2. The van der Waals surface area contributed by atoms with Gasteiger partial charge in [-0.1, -0.05) is 6.92 Å². The topological polar surface area (TPSA) is 41.1 Å². The molecule has 15 heavy (non-hydrogen) atoms. The Kier molecular flexibility index (Phi) is 3.92. The molecule has 3 nitrogen and oxygen atoms in total. The van der Waals surface area contributed by atoms with E-state index < -0.39 is 0 Å². The van der Waals surface area contributed by atoms with Crippen molar-refractivity contribution in [3.05, 3.63) is 0 Å². The van der Waals surface area contributed by atoms with Crippen molar-refractivity contribution in [2.45, 2.75) is 25.8 Å². The monoisotopic (exact) mass is 228 g/mol. The van der Waals surface area contributed by atoms with Crippen LogP contribution >= 0.6 is 11.8 Å². The summed E-state index contributed by atoms with van der Waals surface area (Å²) in [6, 6.07) is 0.439. The average molecular weight is 228 g/mol. The molecular formula is C11H20N2OS. The summed E-state index contributed by atoms with van der Waals surface area (Å²) in [5, 5.41) is 6.40. The first-order chi connectivity index (χ1) is 7.27. The fourth-order valence-corrected chi connectivity index (χ4v) is 3.16. The van der Waals surface area contributed by atoms with Crippen LogP contribution < -0.4 is 10.6 Å². The maximum absolute atomic E-state index is 11.9. The zero-order valence-corrected chi connectivity index (χ0v) is 10.1. The third-order valence-corrected chi connectivity index (χ3v) is 4.55. The molecule has 4 heteroatoms. The van der Waals surface area contributed by atoms with Crippen LogP contribution in [0.4, 0.5) is 0 Å². The van der Waals surface area contributed by atoms with Gasteiger partial charge >= 0.3 is 0 Å². The fourth-order valence-electron chi connectivity index (χ4n) is 2.05. The third kappa shape index (κ3) is 2.88. The molecule has 1 amide bonds. The van der Waals surface area contributed by atoms with Crippen LogP contribution in [0.2, 0.25) is 0 Å². The summed E-state index contributed by atoms with van der Waals surface area (Å²) in [7, 11) is 0. The number of hydrogen-bond acceptors (Lipinski definition) is 3. The maximum atomic E-state index is 11.9. The van der Waals surface area contributed by atoms with Crippen molar-refractivity contribution < 1.29 is 4.79 Å². The number of thioether (sulfide) groups is 1. The molecule has 0 aromatic rings. The molecule has 2 rings (SSSR count). The molecule has 1 unspecified atom stereocenters. The van der Waals surface area contributed by atoms with Gasteiger partial charge in [0.15, 0.2) is 0 Å². The lowest BCUT2D eigenvalue weighted by molar-refractivity contribution is -0.127. The summed E-state index contributed by atoms with van der Waals surface area (Å²) >= 11 is 1.99. The van der Waals surface area contributed by atoms with Crippen molar-refractivity contribution in [3.8, 4) is 0 Å². The molecular weight excluding hydrogens is 208 g/mol. The van der Waals surface area contributed by atoms with E-state index in [-0.39, 0.29) is 11.8 Å². The Labute approximate surface area is 95.8 Å². The van der Waals surface area contributed by atoms with Crippen molar-refractivity contribution in [1.82, 2.24) is 10.6 Å². The number of amides is 1. The van der Waals surface area contributed by atoms with Gasteiger partial charge in [0, 0.05) is 12.0 Å². The highest BCUT2D eigenvalue weighted by Crippen LogP contribution is 2.19. The normalized spacial score (nSPS) is 25.7. The summed E-state index contributed by atoms with van der Waals surface area (Å²) < 4.78 is 0. The van der Waals surface area contributed by atoms with E-state index >= 15 is 0 Å².